The Bertz CT molecular complexity index is 701. The summed E-state index contributed by atoms with van der Waals surface area (Å²) in [6, 6.07) is -6.22. The zero-order chi connectivity index (χ0) is 24.8. The topological polar surface area (TPSA) is 271 Å². The Kier molecular flexibility index (Phi) is 13.1. The molecule has 0 heterocycles. The predicted molar refractivity (Wildman–Crippen MR) is 106 cm³/mol. The van der Waals surface area contributed by atoms with Gasteiger partial charge in [-0.25, -0.2) is 4.79 Å². The summed E-state index contributed by atoms with van der Waals surface area (Å²) >= 11 is 0. The monoisotopic (exact) mass is 463 g/mol. The number of carbonyl (C=O) groups excluding carboxylic acids is 3. The van der Waals surface area contributed by atoms with Crippen LogP contribution in [0.3, 0.4) is 0 Å². The Morgan fingerprint density at radius 2 is 1.22 bits per heavy atom. The lowest BCUT2D eigenvalue weighted by molar-refractivity contribution is -0.144. The van der Waals surface area contributed by atoms with Crippen molar-refractivity contribution < 1.29 is 49.2 Å². The third-order valence-electron chi connectivity index (χ3n) is 4.12. The van der Waals surface area contributed by atoms with E-state index in [4.69, 9.17) is 31.9 Å². The van der Waals surface area contributed by atoms with Crippen molar-refractivity contribution in [2.24, 2.45) is 11.5 Å². The van der Waals surface area contributed by atoms with Crippen molar-refractivity contribution in [3.8, 4) is 0 Å². The molecule has 0 spiro atoms. The SMILES string of the molecule is NCCCC[C@H](NC(=O)[C@H](CC(=O)O)NC(=O)[C@@H](N)CC(=O)O)C(=O)N[C@@H](CO)C(=O)O. The number of nitrogens with two attached hydrogens (primary N) is 2. The first-order chi connectivity index (χ1) is 14.9. The first-order valence-electron chi connectivity index (χ1n) is 9.56. The second-order valence-corrected chi connectivity index (χ2v) is 6.79. The number of aliphatic hydroxyl groups is 1. The Morgan fingerprint density at radius 3 is 1.69 bits per heavy atom. The molecule has 4 atom stereocenters. The van der Waals surface area contributed by atoms with Crippen LogP contribution in [0.4, 0.5) is 0 Å². The van der Waals surface area contributed by atoms with E-state index in [0.29, 0.717) is 12.8 Å². The summed E-state index contributed by atoms with van der Waals surface area (Å²) in [7, 11) is 0. The largest absolute Gasteiger partial charge is 0.481 e. The van der Waals surface area contributed by atoms with Gasteiger partial charge in [-0.2, -0.15) is 0 Å². The summed E-state index contributed by atoms with van der Waals surface area (Å²) in [4.78, 5) is 69.8. The average molecular weight is 463 g/mol. The number of aliphatic carboxylic acids is 3. The van der Waals surface area contributed by atoms with E-state index in [1.165, 1.54) is 0 Å². The number of hydrogen-bond acceptors (Lipinski definition) is 9. The van der Waals surface area contributed by atoms with Crippen LogP contribution >= 0.6 is 0 Å². The van der Waals surface area contributed by atoms with E-state index in [2.05, 4.69) is 5.32 Å². The second kappa shape index (κ2) is 14.7. The maximum absolute atomic E-state index is 12.6. The van der Waals surface area contributed by atoms with Crippen molar-refractivity contribution in [2.75, 3.05) is 13.2 Å². The van der Waals surface area contributed by atoms with E-state index in [0.717, 1.165) is 0 Å². The summed E-state index contributed by atoms with van der Waals surface area (Å²) in [6.45, 7) is -0.639. The Hall–Kier alpha value is -3.30. The lowest BCUT2D eigenvalue weighted by atomic mass is 10.1. The van der Waals surface area contributed by atoms with Gasteiger partial charge in [-0.05, 0) is 25.8 Å². The molecule has 182 valence electrons. The molecule has 0 radical (unpaired) electrons. The fraction of sp³-hybridized carbons (Fsp3) is 0.647. The molecule has 15 nitrogen and oxygen atoms in total. The summed E-state index contributed by atoms with van der Waals surface area (Å²) < 4.78 is 0. The van der Waals surface area contributed by atoms with Gasteiger partial charge in [-0.1, -0.05) is 0 Å². The van der Waals surface area contributed by atoms with Gasteiger partial charge in [-0.15, -0.1) is 0 Å². The molecule has 0 fully saturated rings. The van der Waals surface area contributed by atoms with Gasteiger partial charge < -0.3 is 47.8 Å². The van der Waals surface area contributed by atoms with E-state index in [9.17, 15) is 28.8 Å². The van der Waals surface area contributed by atoms with E-state index in [1.807, 2.05) is 10.6 Å². The van der Waals surface area contributed by atoms with Crippen LogP contribution in [0.25, 0.3) is 0 Å². The lowest BCUT2D eigenvalue weighted by Gasteiger charge is -2.24. The van der Waals surface area contributed by atoms with Gasteiger partial charge in [0.2, 0.25) is 17.7 Å². The van der Waals surface area contributed by atoms with E-state index in [1.54, 1.807) is 0 Å². The van der Waals surface area contributed by atoms with Crippen LogP contribution in [0.5, 0.6) is 0 Å². The number of aliphatic hydroxyl groups excluding tert-OH is 1. The van der Waals surface area contributed by atoms with Crippen LogP contribution < -0.4 is 27.4 Å². The van der Waals surface area contributed by atoms with Gasteiger partial charge >= 0.3 is 17.9 Å². The van der Waals surface area contributed by atoms with Crippen LogP contribution in [-0.2, 0) is 28.8 Å². The summed E-state index contributed by atoms with van der Waals surface area (Å²) in [6.07, 6.45) is -0.872. The molecule has 0 aromatic carbocycles. The van der Waals surface area contributed by atoms with Gasteiger partial charge in [0.15, 0.2) is 0 Å². The van der Waals surface area contributed by atoms with Crippen LogP contribution in [0.15, 0.2) is 0 Å². The number of hydrogen-bond donors (Lipinski definition) is 9. The third-order valence-corrected chi connectivity index (χ3v) is 4.12. The summed E-state index contributed by atoms with van der Waals surface area (Å²) in [5.74, 6) is -7.53. The number of nitrogens with one attached hydrogen (secondary N) is 3. The van der Waals surface area contributed by atoms with Gasteiger partial charge in [0, 0.05) is 0 Å². The minimum absolute atomic E-state index is 0.00118. The highest BCUT2D eigenvalue weighted by Gasteiger charge is 2.31. The van der Waals surface area contributed by atoms with Crippen LogP contribution in [0.1, 0.15) is 32.1 Å². The summed E-state index contributed by atoms with van der Waals surface area (Å²) in [5, 5.41) is 42.0. The Labute approximate surface area is 182 Å². The fourth-order valence-electron chi connectivity index (χ4n) is 2.44. The van der Waals surface area contributed by atoms with E-state index in [-0.39, 0.29) is 13.0 Å². The average Bonchev–Trinajstić information content (AvgIpc) is 2.69. The standard InChI is InChI=1S/C17H29N5O10/c18-4-2-1-3-9(15(29)22-11(7-23)17(31)32)20-16(30)10(6-13(26)27)21-14(28)8(19)5-12(24)25/h8-11,23H,1-7,18-19H2,(H,20,30)(H,21,28)(H,22,29)(H,24,25)(H,26,27)(H,31,32)/t8-,9-,10-,11-/m0/s1. The van der Waals surface area contributed by atoms with Gasteiger partial charge in [-0.3, -0.25) is 24.0 Å². The fourth-order valence-corrected chi connectivity index (χ4v) is 2.44. The van der Waals surface area contributed by atoms with Gasteiger partial charge in [0.25, 0.3) is 0 Å². The minimum Gasteiger partial charge on any atom is -0.481 e. The molecule has 11 N–H and O–H groups in total. The van der Waals surface area contributed by atoms with Crippen LogP contribution in [0, 0.1) is 0 Å². The van der Waals surface area contributed by atoms with E-state index >= 15 is 0 Å². The molecule has 15 heteroatoms. The molecule has 0 rings (SSSR count). The highest BCUT2D eigenvalue weighted by atomic mass is 16.4. The molecule has 0 aromatic rings. The Morgan fingerprint density at radius 1 is 0.719 bits per heavy atom. The first kappa shape index (κ1) is 28.7. The number of carbonyl (C=O) groups is 6. The molecular weight excluding hydrogens is 434 g/mol. The smallest absolute Gasteiger partial charge is 0.328 e. The van der Waals surface area contributed by atoms with Crippen LogP contribution in [-0.4, -0.2) is 93.4 Å². The predicted octanol–water partition coefficient (Wildman–Crippen LogP) is -4.08. The molecular formula is C17H29N5O10. The van der Waals surface area contributed by atoms with Crippen molar-refractivity contribution in [2.45, 2.75) is 56.3 Å². The number of rotatable bonds is 16. The molecule has 0 aliphatic rings. The van der Waals surface area contributed by atoms with Gasteiger partial charge in [0.05, 0.1) is 25.5 Å². The molecule has 0 saturated heterocycles. The molecule has 0 bridgehead atoms. The number of carboxylic acid groups (broad SMARTS) is 3. The highest BCUT2D eigenvalue weighted by molar-refractivity contribution is 5.96. The number of unbranched alkanes of at least 4 members (excludes halogenated alkanes) is 1. The number of amides is 3. The Balaban J connectivity index is 5.44. The molecule has 0 aliphatic carbocycles. The van der Waals surface area contributed by atoms with E-state index < -0.39 is 79.2 Å². The molecule has 32 heavy (non-hydrogen) atoms. The minimum atomic E-state index is -1.70. The highest BCUT2D eigenvalue weighted by Crippen LogP contribution is 2.04. The maximum Gasteiger partial charge on any atom is 0.328 e. The van der Waals surface area contributed by atoms with Crippen molar-refractivity contribution in [3.63, 3.8) is 0 Å². The molecule has 0 unspecified atom stereocenters. The normalized spacial score (nSPS) is 14.3. The zero-order valence-electron chi connectivity index (χ0n) is 17.2. The second-order valence-electron chi connectivity index (χ2n) is 6.79. The molecule has 0 saturated carbocycles. The number of carboxylic acids is 3. The van der Waals surface area contributed by atoms with Crippen LogP contribution in [0.2, 0.25) is 0 Å². The molecule has 0 aliphatic heterocycles. The molecule has 0 aromatic heterocycles. The van der Waals surface area contributed by atoms with Crippen molar-refractivity contribution >= 4 is 35.6 Å². The van der Waals surface area contributed by atoms with Crippen molar-refractivity contribution in [3.05, 3.63) is 0 Å². The quantitative estimate of drug-likeness (QED) is 0.0988. The third kappa shape index (κ3) is 11.2. The maximum atomic E-state index is 12.6. The van der Waals surface area contributed by atoms with Crippen molar-refractivity contribution in [1.29, 1.82) is 0 Å². The summed E-state index contributed by atoms with van der Waals surface area (Å²) in [5.41, 5.74) is 10.8. The molecule has 3 amide bonds. The lowest BCUT2D eigenvalue weighted by Crippen LogP contribution is -2.58. The zero-order valence-corrected chi connectivity index (χ0v) is 17.2. The van der Waals surface area contributed by atoms with Gasteiger partial charge in [0.1, 0.15) is 18.1 Å². The first-order valence-corrected chi connectivity index (χ1v) is 9.56. The van der Waals surface area contributed by atoms with Crippen molar-refractivity contribution in [1.82, 2.24) is 16.0 Å².